The molecule has 1 atom stereocenters. The minimum absolute atomic E-state index is 0.246. The van der Waals surface area contributed by atoms with Crippen molar-refractivity contribution in [2.24, 2.45) is 5.73 Å². The van der Waals surface area contributed by atoms with Gasteiger partial charge >= 0.3 is 0 Å². The molecule has 0 saturated heterocycles. The third-order valence-corrected chi connectivity index (χ3v) is 3.68. The topological polar surface area (TPSA) is 41.8 Å². The Morgan fingerprint density at radius 3 is 2.74 bits per heavy atom. The van der Waals surface area contributed by atoms with Crippen LogP contribution in [0.3, 0.4) is 0 Å². The molecule has 0 amide bonds. The lowest BCUT2D eigenvalue weighted by atomic mass is 9.90. The molecule has 0 aliphatic heterocycles. The van der Waals surface area contributed by atoms with Gasteiger partial charge in [-0.25, -0.2) is 0 Å². The smallest absolute Gasteiger partial charge is 0.0457 e. The molecule has 19 heavy (non-hydrogen) atoms. The standard InChI is InChI=1S/C17H18N2/c1-12-5-4-6-13(9-12)15(10-18)16-11-19-17-8-3-2-7-14(16)17/h2-9,11,15,19H,10,18H2,1H3. The molecule has 1 unspecified atom stereocenters. The number of hydrogen-bond donors (Lipinski definition) is 2. The van der Waals surface area contributed by atoms with E-state index in [1.54, 1.807) is 0 Å². The molecule has 2 nitrogen and oxygen atoms in total. The van der Waals surface area contributed by atoms with Gasteiger partial charge in [-0.15, -0.1) is 0 Å². The van der Waals surface area contributed by atoms with E-state index in [0.29, 0.717) is 6.54 Å². The molecule has 0 aliphatic rings. The van der Waals surface area contributed by atoms with Gasteiger partial charge in [-0.2, -0.15) is 0 Å². The van der Waals surface area contributed by atoms with Crippen LogP contribution in [0, 0.1) is 6.92 Å². The quantitative estimate of drug-likeness (QED) is 0.733. The highest BCUT2D eigenvalue weighted by Gasteiger charge is 2.16. The molecule has 3 aromatic rings. The van der Waals surface area contributed by atoms with Crippen molar-refractivity contribution in [2.45, 2.75) is 12.8 Å². The largest absolute Gasteiger partial charge is 0.361 e. The van der Waals surface area contributed by atoms with Gasteiger partial charge in [-0.1, -0.05) is 48.0 Å². The monoisotopic (exact) mass is 250 g/mol. The van der Waals surface area contributed by atoms with E-state index in [2.05, 4.69) is 60.6 Å². The highest BCUT2D eigenvalue weighted by Crippen LogP contribution is 2.30. The second kappa shape index (κ2) is 4.90. The van der Waals surface area contributed by atoms with E-state index >= 15 is 0 Å². The van der Waals surface area contributed by atoms with Crippen LogP contribution in [-0.2, 0) is 0 Å². The average Bonchev–Trinajstić information content (AvgIpc) is 2.84. The number of hydrogen-bond acceptors (Lipinski definition) is 1. The van der Waals surface area contributed by atoms with Gasteiger partial charge in [0.2, 0.25) is 0 Å². The van der Waals surface area contributed by atoms with Gasteiger partial charge in [-0.05, 0) is 24.1 Å². The minimum Gasteiger partial charge on any atom is -0.361 e. The second-order valence-electron chi connectivity index (χ2n) is 4.99. The van der Waals surface area contributed by atoms with Gasteiger partial charge in [-0.3, -0.25) is 0 Å². The van der Waals surface area contributed by atoms with Gasteiger partial charge in [0.05, 0.1) is 0 Å². The van der Waals surface area contributed by atoms with Crippen molar-refractivity contribution < 1.29 is 0 Å². The molecular formula is C17H18N2. The maximum absolute atomic E-state index is 6.02. The van der Waals surface area contributed by atoms with Crippen LogP contribution in [0.5, 0.6) is 0 Å². The van der Waals surface area contributed by atoms with Gasteiger partial charge in [0.1, 0.15) is 0 Å². The summed E-state index contributed by atoms with van der Waals surface area (Å²) in [6.45, 7) is 2.73. The number of aromatic amines is 1. The van der Waals surface area contributed by atoms with E-state index in [9.17, 15) is 0 Å². The number of rotatable bonds is 3. The lowest BCUT2D eigenvalue weighted by Gasteiger charge is -2.15. The number of aryl methyl sites for hydroxylation is 1. The van der Waals surface area contributed by atoms with Gasteiger partial charge in [0.15, 0.2) is 0 Å². The number of para-hydroxylation sites is 1. The number of H-pyrrole nitrogens is 1. The molecule has 0 spiro atoms. The number of benzene rings is 2. The number of aromatic nitrogens is 1. The molecule has 3 N–H and O–H groups in total. The Bertz CT molecular complexity index is 697. The van der Waals surface area contributed by atoms with Crippen molar-refractivity contribution in [3.8, 4) is 0 Å². The Kier molecular flexibility index (Phi) is 3.10. The summed E-state index contributed by atoms with van der Waals surface area (Å²) in [4.78, 5) is 3.33. The van der Waals surface area contributed by atoms with E-state index < -0.39 is 0 Å². The molecule has 2 heteroatoms. The number of fused-ring (bicyclic) bond motifs is 1. The molecule has 0 aliphatic carbocycles. The normalized spacial score (nSPS) is 12.7. The van der Waals surface area contributed by atoms with Crippen LogP contribution >= 0.6 is 0 Å². The average molecular weight is 250 g/mol. The summed E-state index contributed by atoms with van der Waals surface area (Å²) in [7, 11) is 0. The Morgan fingerprint density at radius 2 is 1.95 bits per heavy atom. The molecule has 0 radical (unpaired) electrons. The Morgan fingerprint density at radius 1 is 1.11 bits per heavy atom. The Balaban J connectivity index is 2.12. The van der Waals surface area contributed by atoms with E-state index in [1.165, 1.54) is 27.6 Å². The summed E-state index contributed by atoms with van der Waals surface area (Å²) in [5.41, 5.74) is 11.0. The van der Waals surface area contributed by atoms with Crippen LogP contribution in [0.15, 0.2) is 54.7 Å². The summed E-state index contributed by atoms with van der Waals surface area (Å²) in [6, 6.07) is 17.0. The van der Waals surface area contributed by atoms with Gasteiger partial charge < -0.3 is 10.7 Å². The fourth-order valence-electron chi connectivity index (χ4n) is 2.71. The van der Waals surface area contributed by atoms with Crippen molar-refractivity contribution in [1.82, 2.24) is 4.98 Å². The Labute approximate surface area is 113 Å². The molecule has 0 bridgehead atoms. The van der Waals surface area contributed by atoms with E-state index in [1.807, 2.05) is 6.07 Å². The zero-order valence-electron chi connectivity index (χ0n) is 11.1. The molecule has 2 aromatic carbocycles. The molecule has 3 rings (SSSR count). The fourth-order valence-corrected chi connectivity index (χ4v) is 2.71. The number of nitrogens with one attached hydrogen (secondary N) is 1. The van der Waals surface area contributed by atoms with Gasteiger partial charge in [0, 0.05) is 29.6 Å². The summed E-state index contributed by atoms with van der Waals surface area (Å²) < 4.78 is 0. The van der Waals surface area contributed by atoms with Crippen LogP contribution in [0.25, 0.3) is 10.9 Å². The van der Waals surface area contributed by atoms with Crippen molar-refractivity contribution in [1.29, 1.82) is 0 Å². The molecule has 1 aromatic heterocycles. The molecular weight excluding hydrogens is 232 g/mol. The Hall–Kier alpha value is -2.06. The zero-order chi connectivity index (χ0) is 13.2. The van der Waals surface area contributed by atoms with Crippen LogP contribution < -0.4 is 5.73 Å². The maximum Gasteiger partial charge on any atom is 0.0457 e. The molecule has 0 saturated carbocycles. The fraction of sp³-hybridized carbons (Fsp3) is 0.176. The first-order chi connectivity index (χ1) is 9.29. The van der Waals surface area contributed by atoms with E-state index in [0.717, 1.165) is 0 Å². The summed E-state index contributed by atoms with van der Waals surface area (Å²) in [6.07, 6.45) is 2.09. The first-order valence-electron chi connectivity index (χ1n) is 6.62. The lowest BCUT2D eigenvalue weighted by molar-refractivity contribution is 0.824. The predicted molar refractivity (Wildman–Crippen MR) is 80.4 cm³/mol. The summed E-state index contributed by atoms with van der Waals surface area (Å²) in [5.74, 6) is 0.246. The second-order valence-corrected chi connectivity index (χ2v) is 4.99. The highest BCUT2D eigenvalue weighted by atomic mass is 14.7. The molecule has 1 heterocycles. The predicted octanol–water partition coefficient (Wildman–Crippen LogP) is 3.57. The molecule has 0 fully saturated rings. The van der Waals surface area contributed by atoms with Crippen LogP contribution in [0.1, 0.15) is 22.6 Å². The molecule has 96 valence electrons. The highest BCUT2D eigenvalue weighted by molar-refractivity contribution is 5.84. The van der Waals surface area contributed by atoms with E-state index in [4.69, 9.17) is 5.73 Å². The minimum atomic E-state index is 0.246. The zero-order valence-corrected chi connectivity index (χ0v) is 11.1. The number of nitrogens with two attached hydrogens (primary N) is 1. The van der Waals surface area contributed by atoms with Crippen LogP contribution in [0.2, 0.25) is 0 Å². The third kappa shape index (κ3) is 2.15. The summed E-state index contributed by atoms with van der Waals surface area (Å²) >= 11 is 0. The van der Waals surface area contributed by atoms with Gasteiger partial charge in [0.25, 0.3) is 0 Å². The first-order valence-corrected chi connectivity index (χ1v) is 6.62. The third-order valence-electron chi connectivity index (χ3n) is 3.68. The van der Waals surface area contributed by atoms with Crippen LogP contribution in [-0.4, -0.2) is 11.5 Å². The lowest BCUT2D eigenvalue weighted by Crippen LogP contribution is -2.13. The van der Waals surface area contributed by atoms with Crippen molar-refractivity contribution in [3.63, 3.8) is 0 Å². The van der Waals surface area contributed by atoms with Crippen molar-refractivity contribution in [3.05, 3.63) is 71.4 Å². The van der Waals surface area contributed by atoms with Crippen molar-refractivity contribution in [2.75, 3.05) is 6.54 Å². The SMILES string of the molecule is Cc1cccc(C(CN)c2c[nH]c3ccccc23)c1. The van der Waals surface area contributed by atoms with E-state index in [-0.39, 0.29) is 5.92 Å². The maximum atomic E-state index is 6.02. The first kappa shape index (κ1) is 12.0. The van der Waals surface area contributed by atoms with Crippen molar-refractivity contribution >= 4 is 10.9 Å². The summed E-state index contributed by atoms with van der Waals surface area (Å²) in [5, 5.41) is 1.26. The van der Waals surface area contributed by atoms with Crippen LogP contribution in [0.4, 0.5) is 0 Å².